The van der Waals surface area contributed by atoms with Crippen LogP contribution < -0.4 is 11.1 Å². The number of nitrogens with zero attached hydrogens (tertiary/aromatic N) is 1. The van der Waals surface area contributed by atoms with E-state index in [2.05, 4.69) is 17.2 Å². The number of guanidine groups is 1. The van der Waals surface area contributed by atoms with E-state index in [1.165, 1.54) is 38.5 Å². The molecule has 1 fully saturated rings. The van der Waals surface area contributed by atoms with E-state index in [1.807, 2.05) is 0 Å². The van der Waals surface area contributed by atoms with Crippen molar-refractivity contribution in [1.29, 1.82) is 0 Å². The number of ether oxygens (including phenoxy) is 1. The summed E-state index contributed by atoms with van der Waals surface area (Å²) in [5, 5.41) is 3.17. The summed E-state index contributed by atoms with van der Waals surface area (Å²) in [6, 6.07) is 0. The minimum Gasteiger partial charge on any atom is -0.376 e. The highest BCUT2D eigenvalue weighted by atomic mass is 16.5. The van der Waals surface area contributed by atoms with Gasteiger partial charge < -0.3 is 15.8 Å². The standard InChI is InChI=1S/C14H29N3O/c1-2-3-4-5-6-7-10-16-14(15)17-12-13-9-8-11-18-13/h13H,2-12H2,1H3,(H3,15,16,17). The Morgan fingerprint density at radius 3 is 2.78 bits per heavy atom. The van der Waals surface area contributed by atoms with E-state index in [9.17, 15) is 0 Å². The molecule has 1 atom stereocenters. The van der Waals surface area contributed by atoms with Gasteiger partial charge in [-0.3, -0.25) is 4.99 Å². The predicted octanol–water partition coefficient (Wildman–Crippen LogP) is 2.43. The molecular formula is C14H29N3O. The van der Waals surface area contributed by atoms with Crippen LogP contribution in [-0.2, 0) is 4.74 Å². The van der Waals surface area contributed by atoms with Crippen molar-refractivity contribution in [3.8, 4) is 0 Å². The van der Waals surface area contributed by atoms with Crippen LogP contribution >= 0.6 is 0 Å². The summed E-state index contributed by atoms with van der Waals surface area (Å²) in [4.78, 5) is 4.31. The minimum absolute atomic E-state index is 0.291. The smallest absolute Gasteiger partial charge is 0.188 e. The van der Waals surface area contributed by atoms with Crippen molar-refractivity contribution in [2.45, 2.75) is 64.4 Å². The van der Waals surface area contributed by atoms with Crippen molar-refractivity contribution in [3.05, 3.63) is 0 Å². The average molecular weight is 255 g/mol. The highest BCUT2D eigenvalue weighted by Crippen LogP contribution is 2.11. The van der Waals surface area contributed by atoms with Crippen molar-refractivity contribution >= 4 is 5.96 Å². The zero-order chi connectivity index (χ0) is 13.1. The summed E-state index contributed by atoms with van der Waals surface area (Å²) < 4.78 is 5.49. The average Bonchev–Trinajstić information content (AvgIpc) is 2.88. The van der Waals surface area contributed by atoms with Crippen LogP contribution in [0.4, 0.5) is 0 Å². The van der Waals surface area contributed by atoms with E-state index < -0.39 is 0 Å². The first kappa shape index (κ1) is 15.3. The second-order valence-electron chi connectivity index (χ2n) is 5.06. The molecule has 0 aromatic heterocycles. The molecule has 1 aliphatic rings. The van der Waals surface area contributed by atoms with E-state index in [0.29, 0.717) is 18.6 Å². The molecule has 1 saturated heterocycles. The molecule has 0 aromatic carbocycles. The van der Waals surface area contributed by atoms with Crippen molar-refractivity contribution in [1.82, 2.24) is 5.32 Å². The molecule has 0 amide bonds. The summed E-state index contributed by atoms with van der Waals surface area (Å²) in [6.07, 6.45) is 10.4. The Morgan fingerprint density at radius 2 is 2.06 bits per heavy atom. The van der Waals surface area contributed by atoms with Crippen LogP contribution in [-0.4, -0.2) is 31.8 Å². The predicted molar refractivity (Wildman–Crippen MR) is 76.8 cm³/mol. The van der Waals surface area contributed by atoms with Crippen LogP contribution in [0.3, 0.4) is 0 Å². The summed E-state index contributed by atoms with van der Waals surface area (Å²) in [6.45, 7) is 4.76. The zero-order valence-corrected chi connectivity index (χ0v) is 11.8. The Kier molecular flexibility index (Phi) is 8.65. The fourth-order valence-electron chi connectivity index (χ4n) is 2.17. The first-order valence-corrected chi connectivity index (χ1v) is 7.48. The van der Waals surface area contributed by atoms with E-state index >= 15 is 0 Å². The SMILES string of the molecule is CCCCCCCCNC(N)=NCC1CCCO1. The van der Waals surface area contributed by atoms with Gasteiger partial charge in [-0.2, -0.15) is 0 Å². The summed E-state index contributed by atoms with van der Waals surface area (Å²) in [7, 11) is 0. The first-order chi connectivity index (χ1) is 8.83. The molecule has 1 unspecified atom stereocenters. The van der Waals surface area contributed by atoms with Crippen molar-refractivity contribution in [3.63, 3.8) is 0 Å². The molecule has 4 nitrogen and oxygen atoms in total. The maximum Gasteiger partial charge on any atom is 0.188 e. The number of aliphatic imine (C=N–C) groups is 1. The number of nitrogens with two attached hydrogens (primary N) is 1. The maximum absolute atomic E-state index is 5.80. The lowest BCUT2D eigenvalue weighted by Gasteiger charge is -2.08. The Labute approximate surface area is 111 Å². The molecule has 0 aromatic rings. The summed E-state index contributed by atoms with van der Waals surface area (Å²) in [5.41, 5.74) is 5.80. The van der Waals surface area contributed by atoms with Crippen LogP contribution in [0.25, 0.3) is 0 Å². The minimum atomic E-state index is 0.291. The molecule has 0 bridgehead atoms. The molecule has 0 aliphatic carbocycles. The third kappa shape index (κ3) is 7.54. The van der Waals surface area contributed by atoms with E-state index in [0.717, 1.165) is 26.0 Å². The number of hydrogen-bond acceptors (Lipinski definition) is 2. The third-order valence-corrected chi connectivity index (χ3v) is 3.33. The molecule has 0 radical (unpaired) electrons. The molecule has 0 spiro atoms. The molecule has 1 aliphatic heterocycles. The van der Waals surface area contributed by atoms with Crippen LogP contribution in [0.2, 0.25) is 0 Å². The van der Waals surface area contributed by atoms with Gasteiger partial charge in [-0.1, -0.05) is 39.0 Å². The summed E-state index contributed by atoms with van der Waals surface area (Å²) >= 11 is 0. The third-order valence-electron chi connectivity index (χ3n) is 3.33. The number of hydrogen-bond donors (Lipinski definition) is 2. The topological polar surface area (TPSA) is 59.6 Å². The van der Waals surface area contributed by atoms with Gasteiger partial charge in [-0.05, 0) is 19.3 Å². The lowest BCUT2D eigenvalue weighted by molar-refractivity contribution is 0.118. The molecule has 1 rings (SSSR count). The quantitative estimate of drug-likeness (QED) is 0.378. The van der Waals surface area contributed by atoms with Gasteiger partial charge in [0.2, 0.25) is 0 Å². The second kappa shape index (κ2) is 10.2. The van der Waals surface area contributed by atoms with Gasteiger partial charge in [-0.25, -0.2) is 0 Å². The Hall–Kier alpha value is -0.770. The lowest BCUT2D eigenvalue weighted by atomic mass is 10.1. The second-order valence-corrected chi connectivity index (χ2v) is 5.06. The molecule has 3 N–H and O–H groups in total. The van der Waals surface area contributed by atoms with Gasteiger partial charge in [0.05, 0.1) is 12.6 Å². The largest absolute Gasteiger partial charge is 0.376 e. The first-order valence-electron chi connectivity index (χ1n) is 7.48. The fraction of sp³-hybridized carbons (Fsp3) is 0.929. The highest BCUT2D eigenvalue weighted by molar-refractivity contribution is 5.77. The van der Waals surface area contributed by atoms with Gasteiger partial charge in [0.25, 0.3) is 0 Å². The molecule has 0 saturated carbocycles. The van der Waals surface area contributed by atoms with Crippen molar-refractivity contribution in [2.75, 3.05) is 19.7 Å². The van der Waals surface area contributed by atoms with Gasteiger partial charge in [0.1, 0.15) is 0 Å². The molecule has 18 heavy (non-hydrogen) atoms. The van der Waals surface area contributed by atoms with E-state index in [-0.39, 0.29) is 0 Å². The summed E-state index contributed by atoms with van der Waals surface area (Å²) in [5.74, 6) is 0.569. The molecule has 4 heteroatoms. The van der Waals surface area contributed by atoms with E-state index in [1.54, 1.807) is 0 Å². The van der Waals surface area contributed by atoms with Crippen LogP contribution in [0.1, 0.15) is 58.3 Å². The van der Waals surface area contributed by atoms with Gasteiger partial charge in [0, 0.05) is 13.2 Å². The van der Waals surface area contributed by atoms with Gasteiger partial charge in [-0.15, -0.1) is 0 Å². The molecule has 1 heterocycles. The van der Waals surface area contributed by atoms with Crippen LogP contribution in [0.5, 0.6) is 0 Å². The number of rotatable bonds is 9. The van der Waals surface area contributed by atoms with E-state index in [4.69, 9.17) is 10.5 Å². The Morgan fingerprint density at radius 1 is 1.28 bits per heavy atom. The van der Waals surface area contributed by atoms with Crippen LogP contribution in [0, 0.1) is 0 Å². The maximum atomic E-state index is 5.80. The lowest BCUT2D eigenvalue weighted by Crippen LogP contribution is -2.33. The van der Waals surface area contributed by atoms with Gasteiger partial charge >= 0.3 is 0 Å². The Bertz CT molecular complexity index is 225. The van der Waals surface area contributed by atoms with Crippen molar-refractivity contribution < 1.29 is 4.74 Å². The Balaban J connectivity index is 1.92. The highest BCUT2D eigenvalue weighted by Gasteiger charge is 2.14. The van der Waals surface area contributed by atoms with Crippen molar-refractivity contribution in [2.24, 2.45) is 10.7 Å². The number of unbranched alkanes of at least 4 members (excludes halogenated alkanes) is 5. The number of nitrogens with one attached hydrogen (secondary N) is 1. The normalized spacial score (nSPS) is 20.3. The zero-order valence-electron chi connectivity index (χ0n) is 11.8. The fourth-order valence-corrected chi connectivity index (χ4v) is 2.17. The van der Waals surface area contributed by atoms with Gasteiger partial charge in [0.15, 0.2) is 5.96 Å². The van der Waals surface area contributed by atoms with Crippen LogP contribution in [0.15, 0.2) is 4.99 Å². The molecular weight excluding hydrogens is 226 g/mol. The monoisotopic (exact) mass is 255 g/mol. The molecule has 106 valence electrons.